The lowest BCUT2D eigenvalue weighted by atomic mass is 10.2. The molecule has 0 saturated carbocycles. The predicted octanol–water partition coefficient (Wildman–Crippen LogP) is 5.29. The minimum absolute atomic E-state index is 0.596. The monoisotopic (exact) mass is 573 g/mol. The number of halogens is 17. The van der Waals surface area contributed by atoms with E-state index in [1.807, 2.05) is 4.74 Å². The van der Waals surface area contributed by atoms with Crippen LogP contribution in [0.3, 0.4) is 0 Å². The summed E-state index contributed by atoms with van der Waals surface area (Å²) >= 11 is 0. The van der Waals surface area contributed by atoms with E-state index in [4.69, 9.17) is 0 Å². The molecule has 0 spiro atoms. The van der Waals surface area contributed by atoms with Crippen LogP contribution in [0, 0.1) is 0 Å². The fourth-order valence-electron chi connectivity index (χ4n) is 1.71. The fraction of sp³-hybridized carbons (Fsp3) is 0.615. The van der Waals surface area contributed by atoms with Crippen molar-refractivity contribution < 1.29 is 88.9 Å². The van der Waals surface area contributed by atoms with Gasteiger partial charge in [0, 0.05) is 12.4 Å². The van der Waals surface area contributed by atoms with Crippen molar-refractivity contribution in [2.45, 2.75) is 48.4 Å². The molecule has 1 aromatic heterocycles. The molecular weight excluding hydrogens is 569 g/mol. The second-order valence-electron chi connectivity index (χ2n) is 6.02. The highest BCUT2D eigenvalue weighted by Gasteiger charge is 2.85. The highest BCUT2D eigenvalue weighted by Crippen LogP contribution is 2.56. The summed E-state index contributed by atoms with van der Waals surface area (Å²) in [5.74, 6) is -27.8. The normalized spacial score (nSPS) is 17.8. The Morgan fingerprint density at radius 1 is 0.639 bits per heavy atom. The van der Waals surface area contributed by atoms with E-state index >= 15 is 0 Å². The number of aromatic nitrogens is 2. The Morgan fingerprint density at radius 2 is 1.08 bits per heavy atom. The van der Waals surface area contributed by atoms with E-state index < -0.39 is 60.2 Å². The molecule has 0 fully saturated rings. The lowest BCUT2D eigenvalue weighted by Gasteiger charge is -2.40. The molecule has 0 aliphatic heterocycles. The van der Waals surface area contributed by atoms with Gasteiger partial charge < -0.3 is 0 Å². The van der Waals surface area contributed by atoms with Crippen LogP contribution in [0.25, 0.3) is 0 Å². The largest absolute Gasteiger partial charge is 0.462 e. The van der Waals surface area contributed by atoms with Crippen LogP contribution >= 0.6 is 0 Å². The molecule has 0 radical (unpaired) electrons. The summed E-state index contributed by atoms with van der Waals surface area (Å²) in [7, 11) is 0. The van der Waals surface area contributed by atoms with Crippen LogP contribution in [0.5, 0.6) is 0 Å². The Labute approximate surface area is 184 Å². The lowest BCUT2D eigenvalue weighted by molar-refractivity contribution is -0.548. The molecule has 1 amide bonds. The van der Waals surface area contributed by atoms with Crippen LogP contribution in [-0.2, 0) is 14.3 Å². The van der Waals surface area contributed by atoms with Crippen molar-refractivity contribution in [1.29, 1.82) is 0 Å². The number of carbonyl (C=O) groups excluding carboxylic acids is 1. The van der Waals surface area contributed by atoms with Gasteiger partial charge in [-0.2, -0.15) is 74.6 Å². The number of rotatable bonds is 8. The zero-order valence-corrected chi connectivity index (χ0v) is 15.8. The van der Waals surface area contributed by atoms with Crippen LogP contribution in [0.2, 0.25) is 0 Å². The second kappa shape index (κ2) is 8.99. The SMILES string of the molecule is O=C(Nc1ncccn1)C(F)(OC(F)(F)C(F)(OC(F)(F)C(F)(F)C(F)(F)F)C(F)(F)F)C(F)(F)F. The summed E-state index contributed by atoms with van der Waals surface area (Å²) in [6.45, 7) is 0. The van der Waals surface area contributed by atoms with Gasteiger partial charge in [0.05, 0.1) is 0 Å². The maximum absolute atomic E-state index is 14.2. The first kappa shape index (κ1) is 31.3. The van der Waals surface area contributed by atoms with Crippen LogP contribution in [-0.4, -0.2) is 64.3 Å². The van der Waals surface area contributed by atoms with Crippen molar-refractivity contribution in [3.63, 3.8) is 0 Å². The Balaban J connectivity index is 3.61. The molecule has 36 heavy (non-hydrogen) atoms. The van der Waals surface area contributed by atoms with E-state index in [1.165, 1.54) is 4.74 Å². The quantitative estimate of drug-likeness (QED) is 0.429. The Bertz CT molecular complexity index is 932. The average molecular weight is 573 g/mol. The van der Waals surface area contributed by atoms with E-state index in [-0.39, 0.29) is 0 Å². The third kappa shape index (κ3) is 5.49. The molecular formula is C13H4F17N3O3. The third-order valence-corrected chi connectivity index (χ3v) is 3.45. The molecule has 208 valence electrons. The minimum Gasteiger partial charge on any atom is -0.289 e. The molecule has 0 saturated heterocycles. The van der Waals surface area contributed by atoms with Gasteiger partial charge in [0.2, 0.25) is 5.95 Å². The molecule has 1 heterocycles. The van der Waals surface area contributed by atoms with Gasteiger partial charge in [0.25, 0.3) is 0 Å². The Kier molecular flexibility index (Phi) is 7.82. The van der Waals surface area contributed by atoms with Gasteiger partial charge in [-0.15, -0.1) is 0 Å². The summed E-state index contributed by atoms with van der Waals surface area (Å²) in [5.41, 5.74) is 0. The van der Waals surface area contributed by atoms with E-state index in [2.05, 4.69) is 9.97 Å². The summed E-state index contributed by atoms with van der Waals surface area (Å²) < 4.78 is 224. The molecule has 23 heteroatoms. The van der Waals surface area contributed by atoms with Crippen LogP contribution in [0.15, 0.2) is 18.5 Å². The van der Waals surface area contributed by atoms with Gasteiger partial charge in [0.15, 0.2) is 0 Å². The maximum Gasteiger partial charge on any atom is 0.462 e. The maximum atomic E-state index is 14.2. The summed E-state index contributed by atoms with van der Waals surface area (Å²) in [4.78, 5) is 17.3. The van der Waals surface area contributed by atoms with Gasteiger partial charge in [-0.25, -0.2) is 9.97 Å². The number of alkyl halides is 17. The standard InChI is InChI=1S/C13H4F17N3O3/c14-6(9(18,19)20,4(34)33-5-31-2-1-3-32-5)35-13(29,30)8(17,11(24,25)26)36-12(27,28)7(15,16)10(21,22)23/h1-3H,(H,31,32,33,34). The Hall–Kier alpha value is -2.72. The first-order chi connectivity index (χ1) is 15.7. The van der Waals surface area contributed by atoms with Gasteiger partial charge in [-0.1, -0.05) is 0 Å². The summed E-state index contributed by atoms with van der Waals surface area (Å²) in [6.07, 6.45) is -37.5. The number of ether oxygens (including phenoxy) is 2. The van der Waals surface area contributed by atoms with Gasteiger partial charge >= 0.3 is 54.3 Å². The number of hydrogen-bond acceptors (Lipinski definition) is 5. The molecule has 0 aliphatic carbocycles. The smallest absolute Gasteiger partial charge is 0.289 e. The number of amides is 1. The number of hydrogen-bond donors (Lipinski definition) is 1. The highest BCUT2D eigenvalue weighted by molar-refractivity contribution is 5.95. The molecule has 2 atom stereocenters. The van der Waals surface area contributed by atoms with Crippen LogP contribution in [0.4, 0.5) is 80.6 Å². The van der Waals surface area contributed by atoms with Crippen LogP contribution in [0.1, 0.15) is 0 Å². The van der Waals surface area contributed by atoms with Gasteiger partial charge in [-0.05, 0) is 6.07 Å². The number of carbonyl (C=O) groups is 1. The fourth-order valence-corrected chi connectivity index (χ4v) is 1.71. The molecule has 1 aromatic rings. The van der Waals surface area contributed by atoms with E-state index in [0.717, 1.165) is 6.07 Å². The first-order valence-electron chi connectivity index (χ1n) is 7.86. The lowest BCUT2D eigenvalue weighted by Crippen LogP contribution is -2.68. The molecule has 2 unspecified atom stereocenters. The van der Waals surface area contributed by atoms with E-state index in [1.54, 1.807) is 0 Å². The predicted molar refractivity (Wildman–Crippen MR) is 73.5 cm³/mol. The summed E-state index contributed by atoms with van der Waals surface area (Å²) in [6, 6.07) is 0.891. The van der Waals surface area contributed by atoms with E-state index in [9.17, 15) is 79.4 Å². The van der Waals surface area contributed by atoms with Gasteiger partial charge in [0.1, 0.15) is 0 Å². The summed E-state index contributed by atoms with van der Waals surface area (Å²) in [5, 5.41) is 0.618. The number of nitrogens with zero attached hydrogens (tertiary/aromatic N) is 2. The highest BCUT2D eigenvalue weighted by atomic mass is 19.4. The van der Waals surface area contributed by atoms with Crippen molar-refractivity contribution in [2.75, 3.05) is 5.32 Å². The zero-order chi connectivity index (χ0) is 28.8. The number of nitrogens with one attached hydrogen (secondary N) is 1. The Morgan fingerprint density at radius 3 is 1.44 bits per heavy atom. The molecule has 0 aliphatic rings. The topological polar surface area (TPSA) is 73.3 Å². The molecule has 0 aromatic carbocycles. The van der Waals surface area contributed by atoms with Crippen molar-refractivity contribution in [3.05, 3.63) is 18.5 Å². The van der Waals surface area contributed by atoms with Gasteiger partial charge in [-0.3, -0.25) is 19.6 Å². The van der Waals surface area contributed by atoms with Crippen molar-refractivity contribution in [2.24, 2.45) is 0 Å². The minimum atomic E-state index is -8.08. The third-order valence-electron chi connectivity index (χ3n) is 3.45. The van der Waals surface area contributed by atoms with E-state index in [0.29, 0.717) is 17.7 Å². The molecule has 1 rings (SSSR count). The van der Waals surface area contributed by atoms with Crippen LogP contribution < -0.4 is 5.32 Å². The van der Waals surface area contributed by atoms with Crippen molar-refractivity contribution in [3.8, 4) is 0 Å². The van der Waals surface area contributed by atoms with Crippen molar-refractivity contribution in [1.82, 2.24) is 9.97 Å². The molecule has 6 nitrogen and oxygen atoms in total. The van der Waals surface area contributed by atoms with Crippen molar-refractivity contribution >= 4 is 11.9 Å². The molecule has 0 bridgehead atoms. The molecule has 1 N–H and O–H groups in total. The first-order valence-corrected chi connectivity index (χ1v) is 7.86. The second-order valence-corrected chi connectivity index (χ2v) is 6.02. The average Bonchev–Trinajstić information content (AvgIpc) is 2.65. The zero-order valence-electron chi connectivity index (χ0n) is 15.8. The number of anilines is 1.